The van der Waals surface area contributed by atoms with Crippen molar-refractivity contribution in [2.45, 2.75) is 44.1 Å². The van der Waals surface area contributed by atoms with Crippen LogP contribution in [0.1, 0.15) is 27.2 Å². The first kappa shape index (κ1) is 16.3. The van der Waals surface area contributed by atoms with Crippen LogP contribution in [0.4, 0.5) is 4.79 Å². The molecule has 3 amide bonds. The molecule has 0 fully saturated rings. The minimum absolute atomic E-state index is 0.0544. The second-order valence-electron chi connectivity index (χ2n) is 4.60. The zero-order valence-corrected chi connectivity index (χ0v) is 12.5. The summed E-state index contributed by atoms with van der Waals surface area (Å²) in [6.07, 6.45) is 0.771. The Morgan fingerprint density at radius 3 is 2.65 bits per heavy atom. The summed E-state index contributed by atoms with van der Waals surface area (Å²) in [5.74, 6) is -0.544. The third-order valence-corrected chi connectivity index (χ3v) is 4.05. The molecular formula is C11H19N5O3S. The lowest BCUT2D eigenvalue weighted by Gasteiger charge is -2.18. The largest absolute Gasteiger partial charge is 0.351 e. The van der Waals surface area contributed by atoms with Crippen LogP contribution in [-0.4, -0.2) is 32.0 Å². The van der Waals surface area contributed by atoms with Gasteiger partial charge in [-0.1, -0.05) is 32.5 Å². The summed E-state index contributed by atoms with van der Waals surface area (Å²) in [6.45, 7) is 6.13. The zero-order chi connectivity index (χ0) is 15.3. The van der Waals surface area contributed by atoms with Gasteiger partial charge in [-0.2, -0.15) is 0 Å². The predicted octanol–water partition coefficient (Wildman–Crippen LogP) is 0.293. The van der Waals surface area contributed by atoms with Crippen LogP contribution in [0, 0.1) is 5.92 Å². The van der Waals surface area contributed by atoms with Gasteiger partial charge in [0.1, 0.15) is 0 Å². The third-order valence-electron chi connectivity index (χ3n) is 2.51. The van der Waals surface area contributed by atoms with E-state index < -0.39 is 17.2 Å². The number of hydrogen-bond donors (Lipinski definition) is 3. The molecule has 1 rings (SSSR count). The molecule has 0 radical (unpaired) electrons. The number of carbonyl (C=O) groups is 2. The standard InChI is InChI=1S/C11H19N5O3S/c1-4-5-16-10(19)14-15-11(16)20-7(6(2)3)8(17)13-9(12)18/h6-7H,4-5H2,1-3H3,(H,14,19)(H3,12,13,17,18)/t7-/m1/s1. The van der Waals surface area contributed by atoms with Crippen molar-refractivity contribution in [3.8, 4) is 0 Å². The van der Waals surface area contributed by atoms with Crippen molar-refractivity contribution in [2.24, 2.45) is 11.7 Å². The highest BCUT2D eigenvalue weighted by molar-refractivity contribution is 8.00. The van der Waals surface area contributed by atoms with Gasteiger partial charge in [-0.3, -0.25) is 14.7 Å². The van der Waals surface area contributed by atoms with E-state index in [0.29, 0.717) is 11.7 Å². The van der Waals surface area contributed by atoms with Gasteiger partial charge in [-0.25, -0.2) is 14.7 Å². The van der Waals surface area contributed by atoms with Crippen molar-refractivity contribution < 1.29 is 9.59 Å². The smallest absolute Gasteiger partial charge is 0.343 e. The van der Waals surface area contributed by atoms with Gasteiger partial charge in [0, 0.05) is 6.54 Å². The SMILES string of the molecule is CCCn1c(S[C@@H](C(=O)NC(N)=O)C(C)C)n[nH]c1=O. The van der Waals surface area contributed by atoms with Gasteiger partial charge in [0.2, 0.25) is 5.91 Å². The molecule has 1 atom stereocenters. The van der Waals surface area contributed by atoms with Crippen molar-refractivity contribution in [2.75, 3.05) is 0 Å². The number of thioether (sulfide) groups is 1. The highest BCUT2D eigenvalue weighted by Gasteiger charge is 2.27. The average Bonchev–Trinajstić information content (AvgIpc) is 2.67. The third kappa shape index (κ3) is 4.12. The van der Waals surface area contributed by atoms with Crippen LogP contribution in [0.25, 0.3) is 0 Å². The average molecular weight is 301 g/mol. The number of primary amides is 1. The zero-order valence-electron chi connectivity index (χ0n) is 11.7. The van der Waals surface area contributed by atoms with E-state index in [1.54, 1.807) is 0 Å². The highest BCUT2D eigenvalue weighted by atomic mass is 32.2. The molecule has 0 bridgehead atoms. The van der Waals surface area contributed by atoms with E-state index in [-0.39, 0.29) is 11.6 Å². The molecule has 1 heterocycles. The number of H-pyrrole nitrogens is 1. The predicted molar refractivity (Wildman–Crippen MR) is 75.3 cm³/mol. The first-order valence-corrected chi connectivity index (χ1v) is 7.16. The van der Waals surface area contributed by atoms with Gasteiger partial charge < -0.3 is 5.73 Å². The molecule has 0 aliphatic carbocycles. The number of rotatable bonds is 6. The number of hydrogen-bond acceptors (Lipinski definition) is 5. The fourth-order valence-electron chi connectivity index (χ4n) is 1.61. The minimum atomic E-state index is -0.894. The van der Waals surface area contributed by atoms with E-state index in [1.807, 2.05) is 20.8 Å². The Kier molecular flexibility index (Phi) is 5.81. The number of urea groups is 1. The summed E-state index contributed by atoms with van der Waals surface area (Å²) < 4.78 is 1.47. The first-order chi connectivity index (χ1) is 9.36. The fraction of sp³-hybridized carbons (Fsp3) is 0.636. The first-order valence-electron chi connectivity index (χ1n) is 6.29. The van der Waals surface area contributed by atoms with Crippen LogP contribution >= 0.6 is 11.8 Å². The van der Waals surface area contributed by atoms with Crippen LogP contribution in [0.3, 0.4) is 0 Å². The number of amides is 3. The molecule has 1 aromatic rings. The molecule has 112 valence electrons. The number of aromatic amines is 1. The van der Waals surface area contributed by atoms with E-state index >= 15 is 0 Å². The Labute approximate surface area is 120 Å². The molecular weight excluding hydrogens is 282 g/mol. The van der Waals surface area contributed by atoms with Crippen LogP contribution in [0.15, 0.2) is 9.95 Å². The van der Waals surface area contributed by atoms with E-state index in [1.165, 1.54) is 4.57 Å². The summed E-state index contributed by atoms with van der Waals surface area (Å²) in [4.78, 5) is 34.3. The Balaban J connectivity index is 2.94. The number of imide groups is 1. The van der Waals surface area contributed by atoms with Crippen molar-refractivity contribution in [1.29, 1.82) is 0 Å². The lowest BCUT2D eigenvalue weighted by molar-refractivity contribution is -0.120. The maximum Gasteiger partial charge on any atom is 0.343 e. The minimum Gasteiger partial charge on any atom is -0.351 e. The Morgan fingerprint density at radius 2 is 2.15 bits per heavy atom. The number of nitrogens with two attached hydrogens (primary N) is 1. The van der Waals surface area contributed by atoms with Crippen molar-refractivity contribution in [1.82, 2.24) is 20.1 Å². The lowest BCUT2D eigenvalue weighted by atomic mass is 10.1. The maximum atomic E-state index is 11.9. The van der Waals surface area contributed by atoms with Crippen LogP contribution in [0.2, 0.25) is 0 Å². The van der Waals surface area contributed by atoms with Gasteiger partial charge in [-0.15, -0.1) is 5.10 Å². The molecule has 1 aromatic heterocycles. The summed E-state index contributed by atoms with van der Waals surface area (Å²) in [5.41, 5.74) is 4.64. The monoisotopic (exact) mass is 301 g/mol. The Bertz CT molecular complexity index is 536. The van der Waals surface area contributed by atoms with E-state index in [4.69, 9.17) is 5.73 Å². The fourth-order valence-corrected chi connectivity index (χ4v) is 2.68. The van der Waals surface area contributed by atoms with Gasteiger partial charge in [0.05, 0.1) is 5.25 Å². The number of nitrogens with zero attached hydrogens (tertiary/aromatic N) is 2. The molecule has 0 unspecified atom stereocenters. The van der Waals surface area contributed by atoms with Gasteiger partial charge in [-0.05, 0) is 12.3 Å². The van der Waals surface area contributed by atoms with Crippen molar-refractivity contribution in [3.63, 3.8) is 0 Å². The molecule has 4 N–H and O–H groups in total. The topological polar surface area (TPSA) is 123 Å². The molecule has 0 aliphatic heterocycles. The molecule has 0 spiro atoms. The number of aromatic nitrogens is 3. The molecule has 8 nitrogen and oxygen atoms in total. The second kappa shape index (κ2) is 7.13. The highest BCUT2D eigenvalue weighted by Crippen LogP contribution is 2.26. The van der Waals surface area contributed by atoms with E-state index in [2.05, 4.69) is 15.5 Å². The Hall–Kier alpha value is -1.77. The summed E-state index contributed by atoms with van der Waals surface area (Å²) in [6, 6.07) is -0.894. The van der Waals surface area contributed by atoms with E-state index in [0.717, 1.165) is 18.2 Å². The summed E-state index contributed by atoms with van der Waals surface area (Å²) in [7, 11) is 0. The van der Waals surface area contributed by atoms with Crippen molar-refractivity contribution >= 4 is 23.7 Å². The molecule has 0 aliphatic rings. The van der Waals surface area contributed by atoms with Gasteiger partial charge >= 0.3 is 11.7 Å². The number of nitrogens with one attached hydrogen (secondary N) is 2. The second-order valence-corrected chi connectivity index (χ2v) is 5.71. The molecule has 0 saturated heterocycles. The molecule has 20 heavy (non-hydrogen) atoms. The molecule has 0 aromatic carbocycles. The summed E-state index contributed by atoms with van der Waals surface area (Å²) in [5, 5.41) is 8.19. The van der Waals surface area contributed by atoms with Gasteiger partial charge in [0.15, 0.2) is 5.16 Å². The normalized spacial score (nSPS) is 12.4. The van der Waals surface area contributed by atoms with E-state index in [9.17, 15) is 14.4 Å². The maximum absolute atomic E-state index is 11.9. The quantitative estimate of drug-likeness (QED) is 0.652. The van der Waals surface area contributed by atoms with Crippen molar-refractivity contribution in [3.05, 3.63) is 10.5 Å². The lowest BCUT2D eigenvalue weighted by Crippen LogP contribution is -2.42. The van der Waals surface area contributed by atoms with Gasteiger partial charge in [0.25, 0.3) is 0 Å². The molecule has 0 saturated carbocycles. The van der Waals surface area contributed by atoms with Crippen LogP contribution in [-0.2, 0) is 11.3 Å². The van der Waals surface area contributed by atoms with Crippen LogP contribution < -0.4 is 16.7 Å². The summed E-state index contributed by atoms with van der Waals surface area (Å²) >= 11 is 1.14. The van der Waals surface area contributed by atoms with Crippen LogP contribution in [0.5, 0.6) is 0 Å². The number of carbonyl (C=O) groups excluding carboxylic acids is 2. The Morgan fingerprint density at radius 1 is 1.50 bits per heavy atom. The molecule has 9 heteroatoms.